The number of carboxylic acids is 1. The van der Waals surface area contributed by atoms with Gasteiger partial charge in [0.15, 0.2) is 0 Å². The maximum Gasteiger partial charge on any atom is 0.229 e. The second kappa shape index (κ2) is 5.69. The molecule has 0 spiro atoms. The quantitative estimate of drug-likeness (QED) is 0.869. The fourth-order valence-corrected chi connectivity index (χ4v) is 3.89. The van der Waals surface area contributed by atoms with E-state index < -0.39 is 17.8 Å². The molecule has 0 aliphatic heterocycles. The van der Waals surface area contributed by atoms with E-state index in [9.17, 15) is 14.7 Å². The van der Waals surface area contributed by atoms with Gasteiger partial charge in [-0.3, -0.25) is 4.79 Å². The van der Waals surface area contributed by atoms with Gasteiger partial charge >= 0.3 is 0 Å². The number of fused-ring (bicyclic) bond motifs is 2. The van der Waals surface area contributed by atoms with E-state index in [1.165, 1.54) is 0 Å². The Labute approximate surface area is 135 Å². The molecule has 1 aromatic rings. The summed E-state index contributed by atoms with van der Waals surface area (Å²) >= 11 is 0. The predicted molar refractivity (Wildman–Crippen MR) is 86.3 cm³/mol. The molecule has 23 heavy (non-hydrogen) atoms. The molecule has 2 aliphatic carbocycles. The van der Waals surface area contributed by atoms with Crippen molar-refractivity contribution in [2.75, 3.05) is 5.32 Å². The summed E-state index contributed by atoms with van der Waals surface area (Å²) < 4.78 is 0. The number of nitrogens with one attached hydrogen (secondary N) is 1. The Morgan fingerprint density at radius 3 is 2.09 bits per heavy atom. The van der Waals surface area contributed by atoms with Crippen LogP contribution in [-0.4, -0.2) is 11.9 Å². The molecule has 1 fully saturated rings. The first kappa shape index (κ1) is 15.5. The van der Waals surface area contributed by atoms with E-state index in [1.54, 1.807) is 0 Å². The molecule has 0 saturated heterocycles. The van der Waals surface area contributed by atoms with Gasteiger partial charge in [0.25, 0.3) is 0 Å². The van der Waals surface area contributed by atoms with Crippen molar-refractivity contribution in [2.24, 2.45) is 23.7 Å². The summed E-state index contributed by atoms with van der Waals surface area (Å²) in [6.07, 6.45) is 3.87. The summed E-state index contributed by atoms with van der Waals surface area (Å²) in [7, 11) is 0. The number of carbonyl (C=O) groups is 2. The summed E-state index contributed by atoms with van der Waals surface area (Å²) in [5.41, 5.74) is 3.93. The Bertz CT molecular complexity index is 711. The van der Waals surface area contributed by atoms with Gasteiger partial charge in [-0.1, -0.05) is 41.0 Å². The second-order valence-electron chi connectivity index (χ2n) is 6.62. The van der Waals surface area contributed by atoms with E-state index in [0.717, 1.165) is 16.7 Å². The van der Waals surface area contributed by atoms with Gasteiger partial charge in [-0.2, -0.15) is 0 Å². The molecular formula is C19H20NO3-. The van der Waals surface area contributed by atoms with Crippen LogP contribution in [0.15, 0.2) is 47.6 Å². The molecule has 0 unspecified atom stereocenters. The molecule has 1 saturated carbocycles. The zero-order valence-corrected chi connectivity index (χ0v) is 13.5. The van der Waals surface area contributed by atoms with Crippen molar-refractivity contribution in [1.82, 2.24) is 0 Å². The van der Waals surface area contributed by atoms with Crippen LogP contribution >= 0.6 is 0 Å². The molecule has 0 radical (unpaired) electrons. The van der Waals surface area contributed by atoms with Crippen LogP contribution in [0.25, 0.3) is 0 Å². The van der Waals surface area contributed by atoms with Crippen LogP contribution in [0.2, 0.25) is 0 Å². The third kappa shape index (κ3) is 2.58. The monoisotopic (exact) mass is 310 g/mol. The molecule has 2 bridgehead atoms. The zero-order chi connectivity index (χ0) is 16.7. The number of carboxylic acid groups (broad SMARTS) is 1. The van der Waals surface area contributed by atoms with Crippen molar-refractivity contribution in [3.63, 3.8) is 0 Å². The first-order valence-electron chi connectivity index (χ1n) is 7.84. The van der Waals surface area contributed by atoms with Crippen molar-refractivity contribution in [2.45, 2.75) is 20.8 Å². The van der Waals surface area contributed by atoms with Gasteiger partial charge in [0.2, 0.25) is 5.91 Å². The fourth-order valence-electron chi connectivity index (χ4n) is 3.89. The topological polar surface area (TPSA) is 69.2 Å². The minimum absolute atomic E-state index is 0.140. The highest BCUT2D eigenvalue weighted by molar-refractivity contribution is 5.97. The Hall–Kier alpha value is -2.36. The Morgan fingerprint density at radius 1 is 1.00 bits per heavy atom. The molecule has 4 heteroatoms. The molecule has 1 amide bonds. The fraction of sp³-hybridized carbons (Fsp3) is 0.368. The first-order valence-corrected chi connectivity index (χ1v) is 7.84. The van der Waals surface area contributed by atoms with Crippen molar-refractivity contribution in [3.8, 4) is 0 Å². The molecular weight excluding hydrogens is 290 g/mol. The van der Waals surface area contributed by atoms with Crippen molar-refractivity contribution in [1.29, 1.82) is 0 Å². The number of aliphatic carboxylic acids is 1. The van der Waals surface area contributed by atoms with Crippen LogP contribution in [0.1, 0.15) is 19.4 Å². The SMILES string of the molecule is CC(C)=C1[C@H]2C=C[C@@H]1[C@@H](C(=O)Nc1ccc(C)cc1)[C@H]2C(=O)[O-]. The molecule has 120 valence electrons. The maximum atomic E-state index is 12.7. The minimum Gasteiger partial charge on any atom is -0.550 e. The predicted octanol–water partition coefficient (Wildman–Crippen LogP) is 2.07. The van der Waals surface area contributed by atoms with E-state index in [0.29, 0.717) is 5.69 Å². The minimum atomic E-state index is -1.15. The Morgan fingerprint density at radius 2 is 1.57 bits per heavy atom. The molecule has 4 atom stereocenters. The highest BCUT2D eigenvalue weighted by Crippen LogP contribution is 2.53. The van der Waals surface area contributed by atoms with E-state index in [2.05, 4.69) is 5.32 Å². The summed E-state index contributed by atoms with van der Waals surface area (Å²) in [6, 6.07) is 7.47. The first-order chi connectivity index (χ1) is 10.9. The summed E-state index contributed by atoms with van der Waals surface area (Å²) in [5.74, 6) is -3.16. The van der Waals surface area contributed by atoms with Gasteiger partial charge in [-0.25, -0.2) is 0 Å². The van der Waals surface area contributed by atoms with Gasteiger partial charge < -0.3 is 15.2 Å². The lowest BCUT2D eigenvalue weighted by atomic mass is 9.82. The summed E-state index contributed by atoms with van der Waals surface area (Å²) in [4.78, 5) is 24.3. The number of allylic oxidation sites excluding steroid dienone is 4. The molecule has 3 rings (SSSR count). The number of aryl methyl sites for hydroxylation is 1. The Balaban J connectivity index is 1.89. The largest absolute Gasteiger partial charge is 0.550 e. The number of hydrogen-bond donors (Lipinski definition) is 1. The highest BCUT2D eigenvalue weighted by atomic mass is 16.4. The number of carbonyl (C=O) groups excluding carboxylic acids is 2. The van der Waals surface area contributed by atoms with Crippen LogP contribution in [-0.2, 0) is 9.59 Å². The standard InChI is InChI=1S/C19H21NO3/c1-10(2)15-13-8-9-14(15)17(19(22)23)16(13)18(21)20-12-6-4-11(3)5-7-12/h4-9,13-14,16-17H,1-3H3,(H,20,21)(H,22,23)/p-1/t13-,14+,16+,17-/m0/s1. The number of benzene rings is 1. The van der Waals surface area contributed by atoms with Gasteiger partial charge in [-0.15, -0.1) is 0 Å². The molecule has 4 nitrogen and oxygen atoms in total. The van der Waals surface area contributed by atoms with Crippen molar-refractivity contribution in [3.05, 3.63) is 53.1 Å². The third-order valence-electron chi connectivity index (χ3n) is 4.88. The van der Waals surface area contributed by atoms with Crippen LogP contribution in [0.5, 0.6) is 0 Å². The van der Waals surface area contributed by atoms with Crippen LogP contribution < -0.4 is 10.4 Å². The smallest absolute Gasteiger partial charge is 0.229 e. The number of rotatable bonds is 3. The van der Waals surface area contributed by atoms with Crippen LogP contribution in [0.3, 0.4) is 0 Å². The van der Waals surface area contributed by atoms with Crippen LogP contribution in [0, 0.1) is 30.6 Å². The molecule has 2 aliphatic rings. The van der Waals surface area contributed by atoms with E-state index in [-0.39, 0.29) is 17.7 Å². The normalized spacial score (nSPS) is 28.0. The van der Waals surface area contributed by atoms with Crippen molar-refractivity contribution >= 4 is 17.6 Å². The lowest BCUT2D eigenvalue weighted by Crippen LogP contribution is -2.42. The van der Waals surface area contributed by atoms with Gasteiger partial charge in [0.1, 0.15) is 0 Å². The third-order valence-corrected chi connectivity index (χ3v) is 4.88. The molecule has 1 N–H and O–H groups in total. The zero-order valence-electron chi connectivity index (χ0n) is 13.5. The van der Waals surface area contributed by atoms with Crippen molar-refractivity contribution < 1.29 is 14.7 Å². The number of anilines is 1. The summed E-state index contributed by atoms with van der Waals surface area (Å²) in [6.45, 7) is 5.91. The summed E-state index contributed by atoms with van der Waals surface area (Å²) in [5, 5.41) is 14.5. The van der Waals surface area contributed by atoms with E-state index in [4.69, 9.17) is 0 Å². The highest BCUT2D eigenvalue weighted by Gasteiger charge is 2.52. The van der Waals surface area contributed by atoms with Gasteiger partial charge in [-0.05, 0) is 32.9 Å². The molecule has 0 heterocycles. The average molecular weight is 310 g/mol. The van der Waals surface area contributed by atoms with Gasteiger partial charge in [0, 0.05) is 29.4 Å². The van der Waals surface area contributed by atoms with E-state index in [1.807, 2.05) is 57.2 Å². The number of hydrogen-bond acceptors (Lipinski definition) is 3. The average Bonchev–Trinajstić information content (AvgIpc) is 3.05. The lowest BCUT2D eigenvalue weighted by molar-refractivity contribution is -0.313. The second-order valence-corrected chi connectivity index (χ2v) is 6.62. The maximum absolute atomic E-state index is 12.7. The van der Waals surface area contributed by atoms with Crippen LogP contribution in [0.4, 0.5) is 5.69 Å². The Kier molecular flexibility index (Phi) is 3.84. The number of amides is 1. The molecule has 1 aromatic carbocycles. The lowest BCUT2D eigenvalue weighted by Gasteiger charge is -2.27. The van der Waals surface area contributed by atoms with E-state index >= 15 is 0 Å². The molecule has 0 aromatic heterocycles. The van der Waals surface area contributed by atoms with Gasteiger partial charge in [0.05, 0.1) is 5.92 Å².